The van der Waals surface area contributed by atoms with Gasteiger partial charge in [0.2, 0.25) is 0 Å². The molecule has 0 aliphatic carbocycles. The molecular formula is C4H10Mg. The number of hydrogen-bond donors (Lipinski definition) is 0. The van der Waals surface area contributed by atoms with Gasteiger partial charge in [0, 0.05) is 0 Å². The molecule has 0 aromatic rings. The van der Waals surface area contributed by atoms with Crippen molar-refractivity contribution in [3.63, 3.8) is 0 Å². The van der Waals surface area contributed by atoms with Crippen molar-refractivity contribution in [3.05, 3.63) is 0 Å². The Morgan fingerprint density at radius 3 is 1.60 bits per heavy atom. The van der Waals surface area contributed by atoms with E-state index in [0.29, 0.717) is 20.4 Å². The molecule has 1 heteroatoms. The summed E-state index contributed by atoms with van der Waals surface area (Å²) in [6.07, 6.45) is 0. The van der Waals surface area contributed by atoms with Crippen LogP contribution in [-0.2, 0) is 0 Å². The van der Waals surface area contributed by atoms with E-state index < -0.39 is 0 Å². The fourth-order valence-corrected chi connectivity index (χ4v) is 0. The zero-order valence-corrected chi connectivity index (χ0v) is 5.70. The van der Waals surface area contributed by atoms with Gasteiger partial charge in [-0.1, -0.05) is 13.8 Å². The van der Waals surface area contributed by atoms with Crippen LogP contribution in [-0.4, -0.2) is 20.4 Å². The van der Waals surface area contributed by atoms with Crippen molar-refractivity contribution in [1.82, 2.24) is 0 Å². The average molecular weight is 82.4 g/mol. The van der Waals surface area contributed by atoms with Gasteiger partial charge in [-0.05, 0) is 0 Å². The third-order valence-electron chi connectivity index (χ3n) is 0.816. The first-order chi connectivity index (χ1) is 2.27. The summed E-state index contributed by atoms with van der Waals surface area (Å²) < 4.78 is 1.02. The monoisotopic (exact) mass is 82.1 g/mol. The molecule has 0 heterocycles. The van der Waals surface area contributed by atoms with Gasteiger partial charge in [0.15, 0.2) is 0 Å². The van der Waals surface area contributed by atoms with Crippen LogP contribution >= 0.6 is 0 Å². The van der Waals surface area contributed by atoms with Crippen LogP contribution in [0.15, 0.2) is 0 Å². The predicted molar refractivity (Wildman–Crippen MR) is 26.7 cm³/mol. The molecule has 0 rings (SSSR count). The molecule has 5 heavy (non-hydrogen) atoms. The quantitative estimate of drug-likeness (QED) is 0.421. The normalized spacial score (nSPS) is 8.00. The van der Waals surface area contributed by atoms with Crippen LogP contribution in [0.4, 0.5) is 0 Å². The molecule has 0 nitrogen and oxygen atoms in total. The molecule has 0 fully saturated rings. The summed E-state index contributed by atoms with van der Waals surface area (Å²) in [6.45, 7) is 4.57. The van der Waals surface area contributed by atoms with E-state index in [1.165, 1.54) is 0 Å². The minimum Gasteiger partial charge on any atom is -0.157 e. The fourth-order valence-electron chi connectivity index (χ4n) is 0. The topological polar surface area (TPSA) is 0 Å². The summed E-state index contributed by atoms with van der Waals surface area (Å²) in [5.41, 5.74) is 0. The Morgan fingerprint density at radius 2 is 1.60 bits per heavy atom. The molecule has 28 valence electrons. The van der Waals surface area contributed by atoms with Gasteiger partial charge < -0.3 is 0 Å². The summed E-state index contributed by atoms with van der Waals surface area (Å²) in [5.74, 6) is 0. The standard InChI is InChI=1S/C3H7.CH3.Mg/c1-3-2;;/h3H,1-2H3;1H3;. The SMILES string of the molecule is [CH3][Mg][CH](C)C. The third kappa shape index (κ3) is 4.77. The zero-order chi connectivity index (χ0) is 4.28. The molecule has 0 aromatic heterocycles. The third-order valence-corrected chi connectivity index (χ3v) is 2.45. The molecule has 0 N–H and O–H groups in total. The summed E-state index contributed by atoms with van der Waals surface area (Å²) >= 11 is 0.349. The lowest BCUT2D eigenvalue weighted by molar-refractivity contribution is 1.06. The summed E-state index contributed by atoms with van der Waals surface area (Å²) in [5, 5.41) is 2.34. The van der Waals surface area contributed by atoms with E-state index in [2.05, 4.69) is 18.9 Å². The average Bonchev–Trinajstić information content (AvgIpc) is 1.38. The van der Waals surface area contributed by atoms with Gasteiger partial charge in [0.25, 0.3) is 0 Å². The van der Waals surface area contributed by atoms with Crippen LogP contribution in [0.2, 0.25) is 9.10 Å². The van der Waals surface area contributed by atoms with Crippen LogP contribution in [0.5, 0.6) is 0 Å². The van der Waals surface area contributed by atoms with Crippen molar-refractivity contribution in [2.24, 2.45) is 0 Å². The number of hydrogen-bond acceptors (Lipinski definition) is 0. The van der Waals surface area contributed by atoms with E-state index in [9.17, 15) is 0 Å². The second-order valence-electron chi connectivity index (χ2n) is 1.80. The Labute approximate surface area is 43.7 Å². The van der Waals surface area contributed by atoms with Crippen molar-refractivity contribution in [2.75, 3.05) is 0 Å². The molecule has 0 atom stereocenters. The van der Waals surface area contributed by atoms with Gasteiger partial charge in [-0.25, -0.2) is 0 Å². The van der Waals surface area contributed by atoms with Crippen molar-refractivity contribution < 1.29 is 0 Å². The molecule has 0 unspecified atom stereocenters. The molecule has 0 aliphatic rings. The van der Waals surface area contributed by atoms with Crippen LogP contribution in [0.1, 0.15) is 13.8 Å². The first-order valence-corrected chi connectivity index (χ1v) is 4.50. The summed E-state index contributed by atoms with van der Waals surface area (Å²) in [4.78, 5) is 0. The molecule has 0 amide bonds. The fraction of sp³-hybridized carbons (Fsp3) is 1.00. The lowest BCUT2D eigenvalue weighted by Crippen LogP contribution is -1.83. The van der Waals surface area contributed by atoms with E-state index in [1.807, 2.05) is 0 Å². The Balaban J connectivity index is 2.54. The minimum absolute atomic E-state index is 0.349. The maximum Gasteiger partial charge on any atom is 0.363 e. The van der Waals surface area contributed by atoms with Gasteiger partial charge in [0.05, 0.1) is 0 Å². The Bertz CT molecular complexity index is 17.6. The highest BCUT2D eigenvalue weighted by Gasteiger charge is 1.87. The molecular weight excluding hydrogens is 72.3 g/mol. The van der Waals surface area contributed by atoms with Crippen LogP contribution in [0.3, 0.4) is 0 Å². The molecule has 0 spiro atoms. The number of rotatable bonds is 1. The van der Waals surface area contributed by atoms with Crippen molar-refractivity contribution in [1.29, 1.82) is 0 Å². The van der Waals surface area contributed by atoms with E-state index in [-0.39, 0.29) is 0 Å². The largest absolute Gasteiger partial charge is 0.363 e. The van der Waals surface area contributed by atoms with Crippen LogP contribution < -0.4 is 0 Å². The smallest absolute Gasteiger partial charge is 0.157 e. The van der Waals surface area contributed by atoms with Gasteiger partial charge in [-0.2, -0.15) is 5.05 Å². The first kappa shape index (κ1) is 5.77. The van der Waals surface area contributed by atoms with E-state index in [1.54, 1.807) is 0 Å². The highest BCUT2D eigenvalue weighted by atomic mass is 24.5. The molecule has 0 radical (unpaired) electrons. The van der Waals surface area contributed by atoms with Crippen molar-refractivity contribution in [2.45, 2.75) is 22.9 Å². The lowest BCUT2D eigenvalue weighted by Gasteiger charge is -1.87. The Hall–Kier alpha value is 0.766. The molecule has 0 aromatic carbocycles. The first-order valence-electron chi connectivity index (χ1n) is 2.27. The van der Waals surface area contributed by atoms with Gasteiger partial charge >= 0.3 is 20.4 Å². The Kier molecular flexibility index (Phi) is 3.43. The lowest BCUT2D eigenvalue weighted by atomic mass is 10.6. The minimum atomic E-state index is 0.349. The maximum atomic E-state index is 2.34. The summed E-state index contributed by atoms with van der Waals surface area (Å²) in [7, 11) is 0. The molecule has 0 saturated heterocycles. The van der Waals surface area contributed by atoms with Crippen molar-refractivity contribution >= 4 is 20.4 Å². The highest BCUT2D eigenvalue weighted by molar-refractivity contribution is 6.35. The predicted octanol–water partition coefficient (Wildman–Crippen LogP) is 1.57. The van der Waals surface area contributed by atoms with E-state index in [0.717, 1.165) is 4.05 Å². The summed E-state index contributed by atoms with van der Waals surface area (Å²) in [6, 6.07) is 0. The molecule has 0 aliphatic heterocycles. The molecule has 0 bridgehead atoms. The zero-order valence-electron chi connectivity index (χ0n) is 4.28. The van der Waals surface area contributed by atoms with Gasteiger partial charge in [-0.3, -0.25) is 0 Å². The maximum absolute atomic E-state index is 2.34. The second-order valence-corrected chi connectivity index (χ2v) is 4.25. The second kappa shape index (κ2) is 2.98. The van der Waals surface area contributed by atoms with Gasteiger partial charge in [0.1, 0.15) is 0 Å². The van der Waals surface area contributed by atoms with Crippen LogP contribution in [0.25, 0.3) is 0 Å². The van der Waals surface area contributed by atoms with E-state index >= 15 is 0 Å². The Morgan fingerprint density at radius 1 is 1.40 bits per heavy atom. The highest BCUT2D eigenvalue weighted by Crippen LogP contribution is 1.92. The van der Waals surface area contributed by atoms with E-state index in [4.69, 9.17) is 0 Å². The van der Waals surface area contributed by atoms with Gasteiger partial charge in [-0.15, -0.1) is 4.05 Å². The van der Waals surface area contributed by atoms with Crippen LogP contribution in [0, 0.1) is 0 Å². The van der Waals surface area contributed by atoms with Crippen molar-refractivity contribution in [3.8, 4) is 0 Å². The molecule has 0 saturated carbocycles.